The van der Waals surface area contributed by atoms with Crippen LogP contribution in [-0.4, -0.2) is 13.4 Å². The molecule has 0 bridgehead atoms. The van der Waals surface area contributed by atoms with E-state index in [1.807, 2.05) is 19.1 Å². The standard InChI is InChI=1S/C12H11BrN2O3S/c1-8-6-9(2-4-11(8)13)18-12-5-3-10(7-15-12)19(14,16)17/h2-7H,1H3,(H2,14,16,17). The average Bonchev–Trinajstić information content (AvgIpc) is 2.33. The van der Waals surface area contributed by atoms with E-state index < -0.39 is 10.0 Å². The molecule has 7 heteroatoms. The molecule has 0 saturated carbocycles. The minimum atomic E-state index is -3.73. The van der Waals surface area contributed by atoms with Crippen molar-refractivity contribution in [2.75, 3.05) is 0 Å². The second-order valence-electron chi connectivity index (χ2n) is 3.89. The van der Waals surface area contributed by atoms with Gasteiger partial charge in [0.15, 0.2) is 0 Å². The van der Waals surface area contributed by atoms with Gasteiger partial charge in [-0.15, -0.1) is 0 Å². The van der Waals surface area contributed by atoms with Gasteiger partial charge in [-0.25, -0.2) is 18.5 Å². The summed E-state index contributed by atoms with van der Waals surface area (Å²) in [6.07, 6.45) is 1.16. The number of primary sulfonamides is 1. The van der Waals surface area contributed by atoms with Crippen molar-refractivity contribution in [3.05, 3.63) is 46.6 Å². The average molecular weight is 343 g/mol. The number of ether oxygens (including phenoxy) is 1. The number of benzene rings is 1. The highest BCUT2D eigenvalue weighted by Crippen LogP contribution is 2.25. The molecule has 1 aromatic heterocycles. The number of aryl methyl sites for hydroxylation is 1. The van der Waals surface area contributed by atoms with E-state index >= 15 is 0 Å². The second-order valence-corrected chi connectivity index (χ2v) is 6.31. The number of halogens is 1. The second kappa shape index (κ2) is 5.28. The third kappa shape index (κ3) is 3.52. The number of nitrogens with two attached hydrogens (primary N) is 1. The third-order valence-corrected chi connectivity index (χ3v) is 4.18. The van der Waals surface area contributed by atoms with Gasteiger partial charge in [-0.2, -0.15) is 0 Å². The molecule has 0 aliphatic carbocycles. The zero-order valence-corrected chi connectivity index (χ0v) is 12.4. The van der Waals surface area contributed by atoms with Crippen molar-refractivity contribution in [2.45, 2.75) is 11.8 Å². The lowest BCUT2D eigenvalue weighted by molar-refractivity contribution is 0.461. The van der Waals surface area contributed by atoms with Crippen LogP contribution in [0.25, 0.3) is 0 Å². The van der Waals surface area contributed by atoms with Gasteiger partial charge in [0.05, 0.1) is 6.20 Å². The van der Waals surface area contributed by atoms with Gasteiger partial charge in [0.1, 0.15) is 10.6 Å². The molecule has 0 atom stereocenters. The highest BCUT2D eigenvalue weighted by Gasteiger charge is 2.08. The third-order valence-electron chi connectivity index (χ3n) is 2.39. The van der Waals surface area contributed by atoms with Gasteiger partial charge in [0, 0.05) is 10.5 Å². The maximum atomic E-state index is 11.1. The molecule has 0 radical (unpaired) electrons. The summed E-state index contributed by atoms with van der Waals surface area (Å²) in [5.74, 6) is 0.922. The van der Waals surface area contributed by atoms with E-state index in [-0.39, 0.29) is 4.90 Å². The van der Waals surface area contributed by atoms with Gasteiger partial charge in [-0.05, 0) is 36.8 Å². The van der Waals surface area contributed by atoms with E-state index in [1.54, 1.807) is 6.07 Å². The molecule has 0 saturated heterocycles. The lowest BCUT2D eigenvalue weighted by Crippen LogP contribution is -2.12. The zero-order valence-electron chi connectivity index (χ0n) is 10.00. The normalized spacial score (nSPS) is 11.3. The zero-order chi connectivity index (χ0) is 14.0. The van der Waals surface area contributed by atoms with Gasteiger partial charge in [0.2, 0.25) is 15.9 Å². The SMILES string of the molecule is Cc1cc(Oc2ccc(S(N)(=O)=O)cn2)ccc1Br. The number of nitrogens with zero attached hydrogens (tertiary/aromatic N) is 1. The molecule has 19 heavy (non-hydrogen) atoms. The molecule has 100 valence electrons. The Morgan fingerprint density at radius 2 is 2.00 bits per heavy atom. The Bertz CT molecular complexity index is 699. The number of rotatable bonds is 3. The fraction of sp³-hybridized carbons (Fsp3) is 0.0833. The first-order valence-electron chi connectivity index (χ1n) is 5.29. The molecular weight excluding hydrogens is 332 g/mol. The van der Waals surface area contributed by atoms with E-state index in [1.165, 1.54) is 12.1 Å². The van der Waals surface area contributed by atoms with Crippen molar-refractivity contribution >= 4 is 26.0 Å². The van der Waals surface area contributed by atoms with Crippen LogP contribution in [0.5, 0.6) is 11.6 Å². The van der Waals surface area contributed by atoms with Crippen LogP contribution >= 0.6 is 15.9 Å². The Morgan fingerprint density at radius 1 is 1.26 bits per heavy atom. The molecule has 2 N–H and O–H groups in total. The summed E-state index contributed by atoms with van der Waals surface area (Å²) >= 11 is 3.39. The quantitative estimate of drug-likeness (QED) is 0.929. The fourth-order valence-electron chi connectivity index (χ4n) is 1.40. The molecule has 0 fully saturated rings. The van der Waals surface area contributed by atoms with E-state index in [4.69, 9.17) is 9.88 Å². The lowest BCUT2D eigenvalue weighted by atomic mass is 10.2. The predicted molar refractivity (Wildman–Crippen MR) is 74.6 cm³/mol. The Balaban J connectivity index is 2.22. The predicted octanol–water partition coefficient (Wildman–Crippen LogP) is 2.59. The smallest absolute Gasteiger partial charge is 0.239 e. The van der Waals surface area contributed by atoms with E-state index in [0.717, 1.165) is 16.2 Å². The van der Waals surface area contributed by atoms with Crippen molar-refractivity contribution in [1.29, 1.82) is 0 Å². The van der Waals surface area contributed by atoms with Crippen LogP contribution in [0.3, 0.4) is 0 Å². The first-order chi connectivity index (χ1) is 8.86. The molecule has 0 unspecified atom stereocenters. The van der Waals surface area contributed by atoms with E-state index in [2.05, 4.69) is 20.9 Å². The van der Waals surface area contributed by atoms with E-state index in [0.29, 0.717) is 11.6 Å². The maximum absolute atomic E-state index is 11.1. The van der Waals surface area contributed by atoms with Crippen LogP contribution in [0.15, 0.2) is 45.9 Å². The van der Waals surface area contributed by atoms with Gasteiger partial charge in [-0.1, -0.05) is 15.9 Å². The number of hydrogen-bond donors (Lipinski definition) is 1. The fourth-order valence-corrected chi connectivity index (χ4v) is 2.10. The Labute approximate surface area is 119 Å². The number of aromatic nitrogens is 1. The highest BCUT2D eigenvalue weighted by atomic mass is 79.9. The Morgan fingerprint density at radius 3 is 2.53 bits per heavy atom. The molecule has 0 spiro atoms. The molecule has 5 nitrogen and oxygen atoms in total. The first-order valence-corrected chi connectivity index (χ1v) is 7.63. The monoisotopic (exact) mass is 342 g/mol. The molecule has 2 rings (SSSR count). The number of sulfonamides is 1. The highest BCUT2D eigenvalue weighted by molar-refractivity contribution is 9.10. The van der Waals surface area contributed by atoms with Crippen molar-refractivity contribution in [1.82, 2.24) is 4.98 Å². The molecule has 2 aromatic rings. The minimum absolute atomic E-state index is 0.0492. The van der Waals surface area contributed by atoms with Crippen molar-refractivity contribution in [3.63, 3.8) is 0 Å². The number of pyridine rings is 1. The topological polar surface area (TPSA) is 82.3 Å². The van der Waals surface area contributed by atoms with Gasteiger partial charge in [0.25, 0.3) is 0 Å². The molecule has 0 aliphatic rings. The van der Waals surface area contributed by atoms with Crippen LogP contribution in [0.1, 0.15) is 5.56 Å². The van der Waals surface area contributed by atoms with Crippen LogP contribution in [0.2, 0.25) is 0 Å². The summed E-state index contributed by atoms with van der Waals surface area (Å²) in [4.78, 5) is 3.85. The van der Waals surface area contributed by atoms with E-state index in [9.17, 15) is 8.42 Å². The lowest BCUT2D eigenvalue weighted by Gasteiger charge is -2.06. The van der Waals surface area contributed by atoms with Crippen LogP contribution in [-0.2, 0) is 10.0 Å². The Kier molecular flexibility index (Phi) is 3.88. The van der Waals surface area contributed by atoms with Crippen LogP contribution in [0.4, 0.5) is 0 Å². The summed E-state index contributed by atoms with van der Waals surface area (Å²) in [7, 11) is -3.73. The van der Waals surface area contributed by atoms with Gasteiger partial charge >= 0.3 is 0 Å². The van der Waals surface area contributed by atoms with Crippen molar-refractivity contribution < 1.29 is 13.2 Å². The molecule has 0 aliphatic heterocycles. The molecular formula is C12H11BrN2O3S. The maximum Gasteiger partial charge on any atom is 0.239 e. The molecule has 0 amide bonds. The van der Waals surface area contributed by atoms with Gasteiger partial charge < -0.3 is 4.74 Å². The summed E-state index contributed by atoms with van der Waals surface area (Å²) in [6, 6.07) is 8.30. The number of hydrogen-bond acceptors (Lipinski definition) is 4. The molecule has 1 heterocycles. The van der Waals surface area contributed by atoms with Gasteiger partial charge in [-0.3, -0.25) is 0 Å². The van der Waals surface area contributed by atoms with Crippen LogP contribution in [0, 0.1) is 6.92 Å². The van der Waals surface area contributed by atoms with Crippen molar-refractivity contribution in [2.24, 2.45) is 5.14 Å². The first kappa shape index (κ1) is 14.0. The summed E-state index contributed by atoms with van der Waals surface area (Å²) < 4.78 is 28.7. The minimum Gasteiger partial charge on any atom is -0.439 e. The summed E-state index contributed by atoms with van der Waals surface area (Å²) in [6.45, 7) is 1.94. The molecule has 1 aromatic carbocycles. The van der Waals surface area contributed by atoms with Crippen LogP contribution < -0.4 is 9.88 Å². The Hall–Kier alpha value is -1.44. The largest absolute Gasteiger partial charge is 0.439 e. The summed E-state index contributed by atoms with van der Waals surface area (Å²) in [5.41, 5.74) is 1.03. The summed E-state index contributed by atoms with van der Waals surface area (Å²) in [5, 5.41) is 4.98. The van der Waals surface area contributed by atoms with Crippen molar-refractivity contribution in [3.8, 4) is 11.6 Å².